The van der Waals surface area contributed by atoms with Gasteiger partial charge in [0, 0.05) is 18.2 Å². The number of carbonyl (C=O) groups excluding carboxylic acids is 1. The average molecular weight is 259 g/mol. The van der Waals surface area contributed by atoms with Crippen molar-refractivity contribution in [3.8, 4) is 0 Å². The van der Waals surface area contributed by atoms with Crippen molar-refractivity contribution >= 4 is 5.78 Å². The topological polar surface area (TPSA) is 29.5 Å². The number of carbonyl (C=O) groups is 1. The molecular weight excluding hydrogens is 238 g/mol. The van der Waals surface area contributed by atoms with Gasteiger partial charge < -0.3 is 4.74 Å². The zero-order chi connectivity index (χ0) is 13.2. The molecule has 1 saturated carbocycles. The SMILES string of the molecule is CC(C(=O)c1ccccc1)N1CCOC2CCCC21. The monoisotopic (exact) mass is 259 g/mol. The zero-order valence-electron chi connectivity index (χ0n) is 11.4. The van der Waals surface area contributed by atoms with Gasteiger partial charge in [-0.25, -0.2) is 0 Å². The van der Waals surface area contributed by atoms with Gasteiger partial charge >= 0.3 is 0 Å². The van der Waals surface area contributed by atoms with Crippen molar-refractivity contribution in [1.82, 2.24) is 4.90 Å². The normalized spacial score (nSPS) is 28.9. The number of benzene rings is 1. The molecule has 0 aromatic heterocycles. The fraction of sp³-hybridized carbons (Fsp3) is 0.562. The van der Waals surface area contributed by atoms with E-state index in [4.69, 9.17) is 4.74 Å². The highest BCUT2D eigenvalue weighted by molar-refractivity contribution is 5.99. The second-order valence-corrected chi connectivity index (χ2v) is 5.55. The van der Waals surface area contributed by atoms with Gasteiger partial charge in [-0.05, 0) is 26.2 Å². The Bertz CT molecular complexity index is 445. The Balaban J connectivity index is 1.76. The molecule has 1 saturated heterocycles. The largest absolute Gasteiger partial charge is 0.375 e. The molecule has 3 nitrogen and oxygen atoms in total. The van der Waals surface area contributed by atoms with E-state index in [1.807, 2.05) is 37.3 Å². The van der Waals surface area contributed by atoms with Crippen molar-refractivity contribution in [2.24, 2.45) is 0 Å². The first-order valence-corrected chi connectivity index (χ1v) is 7.24. The van der Waals surface area contributed by atoms with Gasteiger partial charge in [-0.3, -0.25) is 9.69 Å². The standard InChI is InChI=1S/C16H21NO2/c1-12(16(18)13-6-3-2-4-7-13)17-10-11-19-15-9-5-8-14(15)17/h2-4,6-7,12,14-15H,5,8-11H2,1H3. The summed E-state index contributed by atoms with van der Waals surface area (Å²) in [4.78, 5) is 14.9. The van der Waals surface area contributed by atoms with Gasteiger partial charge in [0.15, 0.2) is 5.78 Å². The Kier molecular flexibility index (Phi) is 3.67. The molecule has 1 aliphatic carbocycles. The van der Waals surface area contributed by atoms with E-state index in [1.54, 1.807) is 0 Å². The average Bonchev–Trinajstić information content (AvgIpc) is 2.95. The van der Waals surface area contributed by atoms with Crippen molar-refractivity contribution in [1.29, 1.82) is 0 Å². The smallest absolute Gasteiger partial charge is 0.179 e. The second-order valence-electron chi connectivity index (χ2n) is 5.55. The van der Waals surface area contributed by atoms with Crippen LogP contribution in [0.15, 0.2) is 30.3 Å². The summed E-state index contributed by atoms with van der Waals surface area (Å²) < 4.78 is 5.81. The van der Waals surface area contributed by atoms with E-state index in [-0.39, 0.29) is 11.8 Å². The Morgan fingerprint density at radius 3 is 2.89 bits per heavy atom. The molecule has 3 heteroatoms. The highest BCUT2D eigenvalue weighted by Gasteiger charge is 2.39. The molecule has 2 fully saturated rings. The molecule has 0 N–H and O–H groups in total. The number of rotatable bonds is 3. The van der Waals surface area contributed by atoms with Crippen molar-refractivity contribution in [2.45, 2.75) is 44.4 Å². The maximum atomic E-state index is 12.5. The predicted octanol–water partition coefficient (Wildman–Crippen LogP) is 2.51. The summed E-state index contributed by atoms with van der Waals surface area (Å²) in [6.07, 6.45) is 3.88. The van der Waals surface area contributed by atoms with Gasteiger partial charge in [0.25, 0.3) is 0 Å². The summed E-state index contributed by atoms with van der Waals surface area (Å²) in [6.45, 7) is 3.67. The first-order chi connectivity index (χ1) is 9.27. The molecule has 102 valence electrons. The molecule has 2 aliphatic rings. The van der Waals surface area contributed by atoms with Crippen LogP contribution in [0.25, 0.3) is 0 Å². The van der Waals surface area contributed by atoms with Crippen LogP contribution in [0.5, 0.6) is 0 Å². The summed E-state index contributed by atoms with van der Waals surface area (Å²) in [5, 5.41) is 0. The van der Waals surface area contributed by atoms with Crippen LogP contribution in [-0.2, 0) is 4.74 Å². The molecule has 19 heavy (non-hydrogen) atoms. The van der Waals surface area contributed by atoms with E-state index in [1.165, 1.54) is 6.42 Å². The summed E-state index contributed by atoms with van der Waals surface area (Å²) >= 11 is 0. The quantitative estimate of drug-likeness (QED) is 0.781. The predicted molar refractivity (Wildman–Crippen MR) is 74.3 cm³/mol. The van der Waals surface area contributed by atoms with Crippen LogP contribution in [0.2, 0.25) is 0 Å². The van der Waals surface area contributed by atoms with E-state index < -0.39 is 0 Å². The number of nitrogens with zero attached hydrogens (tertiary/aromatic N) is 1. The van der Waals surface area contributed by atoms with Gasteiger partial charge in [0.1, 0.15) is 0 Å². The summed E-state index contributed by atoms with van der Waals surface area (Å²) in [6, 6.07) is 10.0. The van der Waals surface area contributed by atoms with E-state index >= 15 is 0 Å². The molecule has 0 amide bonds. The number of Topliss-reactive ketones (excluding diaryl/α,β-unsaturated/α-hetero) is 1. The van der Waals surface area contributed by atoms with E-state index in [0.717, 1.165) is 31.6 Å². The van der Waals surface area contributed by atoms with Crippen LogP contribution in [0.3, 0.4) is 0 Å². The van der Waals surface area contributed by atoms with Gasteiger partial charge in [0.05, 0.1) is 18.8 Å². The van der Waals surface area contributed by atoms with Gasteiger partial charge in [-0.15, -0.1) is 0 Å². The van der Waals surface area contributed by atoms with Crippen LogP contribution in [0.1, 0.15) is 36.5 Å². The van der Waals surface area contributed by atoms with E-state index in [9.17, 15) is 4.79 Å². The number of fused-ring (bicyclic) bond motifs is 1. The van der Waals surface area contributed by atoms with Crippen LogP contribution in [-0.4, -0.2) is 42.0 Å². The van der Waals surface area contributed by atoms with Gasteiger partial charge in [-0.2, -0.15) is 0 Å². The number of ketones is 1. The third-order valence-electron chi connectivity index (χ3n) is 4.46. The lowest BCUT2D eigenvalue weighted by Gasteiger charge is -2.40. The van der Waals surface area contributed by atoms with Crippen molar-refractivity contribution in [2.75, 3.05) is 13.2 Å². The number of hydrogen-bond donors (Lipinski definition) is 0. The Morgan fingerprint density at radius 2 is 2.11 bits per heavy atom. The Labute approximate surface area is 114 Å². The number of morpholine rings is 1. The minimum atomic E-state index is -0.0445. The lowest BCUT2D eigenvalue weighted by Crippen LogP contribution is -2.54. The summed E-state index contributed by atoms with van der Waals surface area (Å²) in [7, 11) is 0. The Morgan fingerprint density at radius 1 is 1.32 bits per heavy atom. The number of hydrogen-bond acceptors (Lipinski definition) is 3. The molecule has 0 bridgehead atoms. The third kappa shape index (κ3) is 2.45. The number of ether oxygens (including phenoxy) is 1. The molecular formula is C16H21NO2. The van der Waals surface area contributed by atoms with Gasteiger partial charge in [0.2, 0.25) is 0 Å². The van der Waals surface area contributed by atoms with Crippen LogP contribution < -0.4 is 0 Å². The molecule has 3 unspecified atom stereocenters. The highest BCUT2D eigenvalue weighted by Crippen LogP contribution is 2.31. The molecule has 0 radical (unpaired) electrons. The molecule has 1 heterocycles. The summed E-state index contributed by atoms with van der Waals surface area (Å²) in [5.74, 6) is 0.230. The molecule has 1 aromatic rings. The van der Waals surface area contributed by atoms with Gasteiger partial charge in [-0.1, -0.05) is 30.3 Å². The maximum Gasteiger partial charge on any atom is 0.179 e. The second kappa shape index (κ2) is 5.43. The minimum Gasteiger partial charge on any atom is -0.375 e. The lowest BCUT2D eigenvalue weighted by molar-refractivity contribution is -0.0643. The third-order valence-corrected chi connectivity index (χ3v) is 4.46. The van der Waals surface area contributed by atoms with E-state index in [2.05, 4.69) is 4.90 Å². The zero-order valence-corrected chi connectivity index (χ0v) is 11.4. The first-order valence-electron chi connectivity index (χ1n) is 7.24. The lowest BCUT2D eigenvalue weighted by atomic mass is 10.0. The van der Waals surface area contributed by atoms with Crippen LogP contribution in [0.4, 0.5) is 0 Å². The Hall–Kier alpha value is -1.19. The van der Waals surface area contributed by atoms with Crippen LogP contribution >= 0.6 is 0 Å². The molecule has 3 rings (SSSR count). The van der Waals surface area contributed by atoms with Crippen molar-refractivity contribution < 1.29 is 9.53 Å². The maximum absolute atomic E-state index is 12.5. The molecule has 1 aliphatic heterocycles. The van der Waals surface area contributed by atoms with E-state index in [0.29, 0.717) is 12.1 Å². The van der Waals surface area contributed by atoms with Crippen molar-refractivity contribution in [3.05, 3.63) is 35.9 Å². The minimum absolute atomic E-state index is 0.0445. The highest BCUT2D eigenvalue weighted by atomic mass is 16.5. The fourth-order valence-electron chi connectivity index (χ4n) is 3.43. The molecule has 0 spiro atoms. The molecule has 1 aromatic carbocycles. The first kappa shape index (κ1) is 12.8. The van der Waals surface area contributed by atoms with Crippen molar-refractivity contribution in [3.63, 3.8) is 0 Å². The summed E-state index contributed by atoms with van der Waals surface area (Å²) in [5.41, 5.74) is 0.816. The van der Waals surface area contributed by atoms with Crippen LogP contribution in [0, 0.1) is 0 Å². The molecule has 3 atom stereocenters. The fourth-order valence-corrected chi connectivity index (χ4v) is 3.43.